The van der Waals surface area contributed by atoms with Gasteiger partial charge in [-0.2, -0.15) is 0 Å². The number of hydrogen-bond donors (Lipinski definition) is 1. The van der Waals surface area contributed by atoms with Gasteiger partial charge in [-0.15, -0.1) is 0 Å². The average Bonchev–Trinajstić information content (AvgIpc) is 2.42. The molecule has 0 fully saturated rings. The summed E-state index contributed by atoms with van der Waals surface area (Å²) in [7, 11) is 0. The molecule has 0 saturated carbocycles. The van der Waals surface area contributed by atoms with E-state index in [9.17, 15) is 0 Å². The first-order chi connectivity index (χ1) is 7.06. The van der Waals surface area contributed by atoms with E-state index in [4.69, 9.17) is 5.73 Å². The van der Waals surface area contributed by atoms with Crippen LogP contribution in [0.5, 0.6) is 0 Å². The van der Waals surface area contributed by atoms with Gasteiger partial charge < -0.3 is 10.3 Å². The number of rotatable bonds is 4. The molecule has 0 bridgehead atoms. The number of nitrogens with two attached hydrogens (primary N) is 1. The van der Waals surface area contributed by atoms with Crippen molar-refractivity contribution in [2.24, 2.45) is 11.7 Å². The Bertz CT molecular complexity index is 346. The Kier molecular flexibility index (Phi) is 4.15. The number of aromatic nitrogens is 1. The van der Waals surface area contributed by atoms with E-state index in [2.05, 4.69) is 44.4 Å². The van der Waals surface area contributed by atoms with Crippen LogP contribution in [0.25, 0.3) is 6.08 Å². The minimum absolute atomic E-state index is 0.605. The molecular formula is C13H22N2. The zero-order valence-electron chi connectivity index (χ0n) is 10.2. The summed E-state index contributed by atoms with van der Waals surface area (Å²) in [6, 6.07) is 2.23. The van der Waals surface area contributed by atoms with Crippen LogP contribution in [0.4, 0.5) is 0 Å². The lowest BCUT2D eigenvalue weighted by molar-refractivity contribution is 0.509. The summed E-state index contributed by atoms with van der Waals surface area (Å²) in [5.41, 5.74) is 9.42. The van der Waals surface area contributed by atoms with Crippen LogP contribution in [0.15, 0.2) is 12.1 Å². The molecule has 0 spiro atoms. The average molecular weight is 206 g/mol. The van der Waals surface area contributed by atoms with Crippen molar-refractivity contribution in [2.75, 3.05) is 6.54 Å². The van der Waals surface area contributed by atoms with Crippen LogP contribution in [0.1, 0.15) is 30.8 Å². The monoisotopic (exact) mass is 206 g/mol. The molecule has 2 N–H and O–H groups in total. The van der Waals surface area contributed by atoms with Crippen LogP contribution in [-0.2, 0) is 6.54 Å². The highest BCUT2D eigenvalue weighted by Gasteiger charge is 2.07. The van der Waals surface area contributed by atoms with Gasteiger partial charge in [0.05, 0.1) is 0 Å². The molecule has 84 valence electrons. The highest BCUT2D eigenvalue weighted by molar-refractivity contribution is 5.53. The SMILES string of the molecule is Cc1cc(/C=C/CN)c(C)n1CC(C)C. The first-order valence-electron chi connectivity index (χ1n) is 5.59. The predicted molar refractivity (Wildman–Crippen MR) is 66.8 cm³/mol. The lowest BCUT2D eigenvalue weighted by atomic mass is 10.2. The summed E-state index contributed by atoms with van der Waals surface area (Å²) in [6.07, 6.45) is 4.11. The predicted octanol–water partition coefficient (Wildman–Crippen LogP) is 2.73. The second-order valence-electron chi connectivity index (χ2n) is 4.47. The fourth-order valence-electron chi connectivity index (χ4n) is 1.84. The van der Waals surface area contributed by atoms with Gasteiger partial charge in [-0.1, -0.05) is 26.0 Å². The molecule has 0 aliphatic rings. The lowest BCUT2D eigenvalue weighted by Crippen LogP contribution is -2.07. The quantitative estimate of drug-likeness (QED) is 0.807. The van der Waals surface area contributed by atoms with Gasteiger partial charge >= 0.3 is 0 Å². The Balaban J connectivity index is 2.98. The van der Waals surface area contributed by atoms with E-state index >= 15 is 0 Å². The molecule has 1 aromatic heterocycles. The second kappa shape index (κ2) is 5.17. The summed E-state index contributed by atoms with van der Waals surface area (Å²) < 4.78 is 2.38. The molecule has 0 unspecified atom stereocenters. The van der Waals surface area contributed by atoms with Gasteiger partial charge in [0.1, 0.15) is 0 Å². The maximum Gasteiger partial charge on any atom is 0.0247 e. The molecule has 0 radical (unpaired) electrons. The van der Waals surface area contributed by atoms with Crippen LogP contribution in [0.2, 0.25) is 0 Å². The fraction of sp³-hybridized carbons (Fsp3) is 0.538. The molecule has 0 aliphatic carbocycles. The summed E-state index contributed by atoms with van der Waals surface area (Å²) in [4.78, 5) is 0. The minimum Gasteiger partial charge on any atom is -0.348 e. The zero-order chi connectivity index (χ0) is 11.4. The first kappa shape index (κ1) is 12.1. The molecule has 1 rings (SSSR count). The third kappa shape index (κ3) is 2.96. The van der Waals surface area contributed by atoms with Crippen molar-refractivity contribution in [1.82, 2.24) is 4.57 Å². The summed E-state index contributed by atoms with van der Waals surface area (Å²) in [6.45, 7) is 10.5. The first-order valence-corrected chi connectivity index (χ1v) is 5.59. The van der Waals surface area contributed by atoms with Gasteiger partial charge in [0.15, 0.2) is 0 Å². The Morgan fingerprint density at radius 1 is 1.40 bits per heavy atom. The molecule has 2 nitrogen and oxygen atoms in total. The van der Waals surface area contributed by atoms with Gasteiger partial charge in [-0.3, -0.25) is 0 Å². The van der Waals surface area contributed by atoms with E-state index in [1.54, 1.807) is 0 Å². The molecule has 0 saturated heterocycles. The van der Waals surface area contributed by atoms with E-state index in [1.807, 2.05) is 6.08 Å². The maximum absolute atomic E-state index is 5.46. The van der Waals surface area contributed by atoms with E-state index in [0.29, 0.717) is 12.5 Å². The third-order valence-electron chi connectivity index (χ3n) is 2.59. The lowest BCUT2D eigenvalue weighted by Gasteiger charge is -2.11. The second-order valence-corrected chi connectivity index (χ2v) is 4.47. The van der Waals surface area contributed by atoms with E-state index in [0.717, 1.165) is 6.54 Å². The van der Waals surface area contributed by atoms with Crippen molar-refractivity contribution in [3.63, 3.8) is 0 Å². The molecule has 0 amide bonds. The third-order valence-corrected chi connectivity index (χ3v) is 2.59. The van der Waals surface area contributed by atoms with Crippen LogP contribution in [0.3, 0.4) is 0 Å². The van der Waals surface area contributed by atoms with Crippen molar-refractivity contribution < 1.29 is 0 Å². The van der Waals surface area contributed by atoms with Gasteiger partial charge in [-0.05, 0) is 31.4 Å². The molecule has 0 aliphatic heterocycles. The normalized spacial score (nSPS) is 11.9. The van der Waals surface area contributed by atoms with E-state index in [1.165, 1.54) is 17.0 Å². The fourth-order valence-corrected chi connectivity index (χ4v) is 1.84. The minimum atomic E-state index is 0.605. The van der Waals surface area contributed by atoms with Gasteiger partial charge in [0.2, 0.25) is 0 Å². The summed E-state index contributed by atoms with van der Waals surface area (Å²) >= 11 is 0. The molecule has 0 atom stereocenters. The molecule has 1 aromatic rings. The van der Waals surface area contributed by atoms with Gasteiger partial charge in [0.25, 0.3) is 0 Å². The Hall–Kier alpha value is -1.02. The number of hydrogen-bond acceptors (Lipinski definition) is 1. The summed E-state index contributed by atoms with van der Waals surface area (Å²) in [5, 5.41) is 0. The van der Waals surface area contributed by atoms with Crippen molar-refractivity contribution in [2.45, 2.75) is 34.2 Å². The Morgan fingerprint density at radius 2 is 2.07 bits per heavy atom. The van der Waals surface area contributed by atoms with Gasteiger partial charge in [0, 0.05) is 24.5 Å². The van der Waals surface area contributed by atoms with Crippen LogP contribution in [-0.4, -0.2) is 11.1 Å². The highest BCUT2D eigenvalue weighted by atomic mass is 15.0. The van der Waals surface area contributed by atoms with Gasteiger partial charge in [-0.25, -0.2) is 0 Å². The molecular weight excluding hydrogens is 184 g/mol. The maximum atomic E-state index is 5.46. The molecule has 0 aromatic carbocycles. The van der Waals surface area contributed by atoms with Crippen LogP contribution >= 0.6 is 0 Å². The topological polar surface area (TPSA) is 30.9 Å². The molecule has 2 heteroatoms. The van der Waals surface area contributed by atoms with Crippen molar-refractivity contribution in [3.05, 3.63) is 29.1 Å². The van der Waals surface area contributed by atoms with Crippen LogP contribution in [0, 0.1) is 19.8 Å². The van der Waals surface area contributed by atoms with Crippen molar-refractivity contribution in [1.29, 1.82) is 0 Å². The zero-order valence-corrected chi connectivity index (χ0v) is 10.2. The molecule has 15 heavy (non-hydrogen) atoms. The van der Waals surface area contributed by atoms with Crippen molar-refractivity contribution >= 4 is 6.08 Å². The number of nitrogens with zero attached hydrogens (tertiary/aromatic N) is 1. The number of aryl methyl sites for hydroxylation is 1. The Morgan fingerprint density at radius 3 is 2.60 bits per heavy atom. The van der Waals surface area contributed by atoms with E-state index < -0.39 is 0 Å². The highest BCUT2D eigenvalue weighted by Crippen LogP contribution is 2.17. The smallest absolute Gasteiger partial charge is 0.0247 e. The van der Waals surface area contributed by atoms with Crippen molar-refractivity contribution in [3.8, 4) is 0 Å². The summed E-state index contributed by atoms with van der Waals surface area (Å²) in [5.74, 6) is 0.682. The van der Waals surface area contributed by atoms with E-state index in [-0.39, 0.29) is 0 Å². The van der Waals surface area contributed by atoms with Crippen LogP contribution < -0.4 is 5.73 Å². The standard InChI is InChI=1S/C13H22N2/c1-10(2)9-15-11(3)8-13(12(15)4)6-5-7-14/h5-6,8,10H,7,9,14H2,1-4H3/b6-5+. The largest absolute Gasteiger partial charge is 0.348 e. The molecule has 1 heterocycles. The Labute approximate surface area is 92.8 Å².